The molecular formula is C41H62N14O10. The van der Waals surface area contributed by atoms with Gasteiger partial charge in [-0.15, -0.1) is 0 Å². The summed E-state index contributed by atoms with van der Waals surface area (Å²) in [6.45, 7) is 3.98. The molecule has 2 aliphatic carbocycles. The van der Waals surface area contributed by atoms with E-state index in [9.17, 15) is 30.8 Å². The molecule has 1 amide bonds. The van der Waals surface area contributed by atoms with Gasteiger partial charge in [-0.2, -0.15) is 0 Å². The smallest absolute Gasteiger partial charge is 0.410 e. The van der Waals surface area contributed by atoms with E-state index in [1.807, 2.05) is 74.5 Å². The number of azide groups is 3. The third kappa shape index (κ3) is 13.6. The van der Waals surface area contributed by atoms with E-state index in [2.05, 4.69) is 30.1 Å². The number of amides is 1. The molecule has 4 fully saturated rings. The molecule has 2 aromatic rings. The number of nitrogens with zero attached hydrogens (tertiary/aromatic N) is 10. The van der Waals surface area contributed by atoms with Crippen molar-refractivity contribution in [1.82, 2.24) is 4.90 Å². The van der Waals surface area contributed by atoms with Gasteiger partial charge in [0.2, 0.25) is 0 Å². The van der Waals surface area contributed by atoms with E-state index in [4.69, 9.17) is 57.7 Å². The molecule has 4 aliphatic rings. The molecule has 2 saturated heterocycles. The van der Waals surface area contributed by atoms with Crippen molar-refractivity contribution in [3.8, 4) is 0 Å². The molecule has 0 unspecified atom stereocenters. The highest BCUT2D eigenvalue weighted by atomic mass is 16.7. The van der Waals surface area contributed by atoms with Crippen LogP contribution in [0.15, 0.2) is 76.0 Å². The fraction of sp³-hybridized carbons (Fsp3) is 0.683. The predicted molar refractivity (Wildman–Crippen MR) is 233 cm³/mol. The first-order valence-corrected chi connectivity index (χ1v) is 21.7. The zero-order valence-electron chi connectivity index (χ0n) is 36.3. The molecule has 2 aromatic carbocycles. The van der Waals surface area contributed by atoms with E-state index in [1.54, 1.807) is 4.90 Å². The van der Waals surface area contributed by atoms with Gasteiger partial charge in [-0.1, -0.05) is 76.0 Å². The maximum atomic E-state index is 13.5. The van der Waals surface area contributed by atoms with E-state index in [1.165, 1.54) is 0 Å². The normalized spacial score (nSPS) is 35.5. The minimum atomic E-state index is -1.61. The van der Waals surface area contributed by atoms with E-state index in [0.717, 1.165) is 24.0 Å². The van der Waals surface area contributed by atoms with Crippen LogP contribution in [0.5, 0.6) is 0 Å². The van der Waals surface area contributed by atoms with Gasteiger partial charge in [0.05, 0.1) is 60.7 Å². The van der Waals surface area contributed by atoms with Crippen LogP contribution >= 0.6 is 0 Å². The quantitative estimate of drug-likeness (QED) is 0.0768. The van der Waals surface area contributed by atoms with Crippen molar-refractivity contribution in [2.75, 3.05) is 0 Å². The summed E-state index contributed by atoms with van der Waals surface area (Å²) < 4.78 is 29.6. The first-order valence-electron chi connectivity index (χ1n) is 21.7. The lowest BCUT2D eigenvalue weighted by atomic mass is 9.84. The fourth-order valence-electron chi connectivity index (χ4n) is 8.45. The van der Waals surface area contributed by atoms with Gasteiger partial charge < -0.3 is 67.0 Å². The molecule has 24 heteroatoms. The van der Waals surface area contributed by atoms with E-state index < -0.39 is 97.7 Å². The second kappa shape index (κ2) is 24.6. The minimum absolute atomic E-state index is 0.0768. The molecule has 0 radical (unpaired) electrons. The van der Waals surface area contributed by atoms with Crippen LogP contribution in [-0.4, -0.2) is 141 Å². The van der Waals surface area contributed by atoms with Crippen molar-refractivity contribution in [3.63, 3.8) is 0 Å². The number of nitrogens with two attached hydrogens (primary N) is 4. The number of rotatable bonds is 14. The van der Waals surface area contributed by atoms with Crippen molar-refractivity contribution >= 4 is 6.09 Å². The lowest BCUT2D eigenvalue weighted by Crippen LogP contribution is -2.64. The SMILES string of the molecule is C[C@@H]([C@@H]1CC[C@@H](N=[N+]=[N-])[C@@H](O[C@H]2[C@H](O)[C@@H](O)[C@H](N=[N+]=[N-])C[C@@H]2N=[N+]=[N-])O1)N(Cc1ccccc1)C(=O)OCc1ccccc1.C[C@H](N)[C@@H]1CC[C@@H](N)[C@@H](O[C@H]2[C@H](O)[C@@H](O)[C@H](N)C[C@@H]2N)O1. The Bertz CT molecular complexity index is 1950. The summed E-state index contributed by atoms with van der Waals surface area (Å²) in [6, 6.07) is 13.8. The molecule has 18 atom stereocenters. The van der Waals surface area contributed by atoms with Crippen molar-refractivity contribution < 1.29 is 48.9 Å². The Labute approximate surface area is 375 Å². The number of benzene rings is 2. The van der Waals surface area contributed by atoms with Gasteiger partial charge in [0.1, 0.15) is 24.9 Å². The third-order valence-electron chi connectivity index (χ3n) is 12.3. The van der Waals surface area contributed by atoms with Crippen LogP contribution in [0.25, 0.3) is 31.3 Å². The van der Waals surface area contributed by atoms with Gasteiger partial charge in [0.25, 0.3) is 0 Å². The second-order valence-corrected chi connectivity index (χ2v) is 16.9. The molecule has 2 saturated carbocycles. The largest absolute Gasteiger partial charge is 0.445 e. The van der Waals surface area contributed by atoms with Gasteiger partial charge >= 0.3 is 6.09 Å². The van der Waals surface area contributed by atoms with E-state index >= 15 is 0 Å². The zero-order valence-corrected chi connectivity index (χ0v) is 36.3. The van der Waals surface area contributed by atoms with Gasteiger partial charge in [0.15, 0.2) is 12.6 Å². The average molecular weight is 911 g/mol. The Hall–Kier alpha value is -4.84. The zero-order chi connectivity index (χ0) is 47.2. The number of aliphatic hydroxyl groups is 4. The molecule has 0 spiro atoms. The summed E-state index contributed by atoms with van der Waals surface area (Å²) >= 11 is 0. The van der Waals surface area contributed by atoms with Crippen molar-refractivity contribution in [2.24, 2.45) is 38.3 Å². The van der Waals surface area contributed by atoms with Gasteiger partial charge in [-0.05, 0) is 80.1 Å². The first kappa shape index (κ1) is 51.1. The lowest BCUT2D eigenvalue weighted by Gasteiger charge is -2.45. The van der Waals surface area contributed by atoms with Crippen LogP contribution < -0.4 is 22.9 Å². The molecule has 65 heavy (non-hydrogen) atoms. The Kier molecular flexibility index (Phi) is 19.4. The van der Waals surface area contributed by atoms with Crippen LogP contribution in [0.4, 0.5) is 4.79 Å². The minimum Gasteiger partial charge on any atom is -0.445 e. The molecular weight excluding hydrogens is 849 g/mol. The van der Waals surface area contributed by atoms with Crippen LogP contribution in [-0.2, 0) is 36.8 Å². The van der Waals surface area contributed by atoms with Gasteiger partial charge in [-0.25, -0.2) is 4.79 Å². The number of hydrogen-bond donors (Lipinski definition) is 8. The monoisotopic (exact) mass is 910 g/mol. The lowest BCUT2D eigenvalue weighted by molar-refractivity contribution is -0.259. The molecule has 0 bridgehead atoms. The second-order valence-electron chi connectivity index (χ2n) is 16.9. The number of aliphatic hydroxyl groups excluding tert-OH is 4. The number of carbonyl (C=O) groups excluding carboxylic acids is 1. The summed E-state index contributed by atoms with van der Waals surface area (Å²) in [5.74, 6) is 0. The predicted octanol–water partition coefficient (Wildman–Crippen LogP) is 2.60. The van der Waals surface area contributed by atoms with Crippen molar-refractivity contribution in [1.29, 1.82) is 0 Å². The summed E-state index contributed by atoms with van der Waals surface area (Å²) in [6.07, 6.45) is -8.10. The van der Waals surface area contributed by atoms with Crippen molar-refractivity contribution in [2.45, 2.75) is 175 Å². The van der Waals surface area contributed by atoms with Crippen LogP contribution in [0.2, 0.25) is 0 Å². The summed E-state index contributed by atoms with van der Waals surface area (Å²) in [5, 5.41) is 52.4. The van der Waals surface area contributed by atoms with Crippen LogP contribution in [0.3, 0.4) is 0 Å². The highest BCUT2D eigenvalue weighted by molar-refractivity contribution is 5.68. The topological polar surface area (TPSA) is 398 Å². The molecule has 12 N–H and O–H groups in total. The first-order chi connectivity index (χ1) is 31.2. The van der Waals surface area contributed by atoms with E-state index in [-0.39, 0.29) is 37.8 Å². The number of carbonyl (C=O) groups is 1. The Morgan fingerprint density at radius 2 is 1.25 bits per heavy atom. The molecule has 0 aromatic heterocycles. The maximum absolute atomic E-state index is 13.5. The maximum Gasteiger partial charge on any atom is 0.410 e. The summed E-state index contributed by atoms with van der Waals surface area (Å²) in [4.78, 5) is 23.4. The Balaban J connectivity index is 0.000000315. The standard InChI is InChI=1S/C28H34N10O6.C13H28N4O4/c1-17(38(15-18-8-4-2-5-9-18)28(41)42-16-19-10-6-3-7-11-19)23-13-12-20(32-35-29)27(43-23)44-26-22(34-37-31)14-21(33-36-30)24(39)25(26)40;1-5(14)9-3-2-6(15)13(20-9)21-12-8(17)4-7(16)10(18)11(12)19/h2-11,17,20-27,39-40H,12-16H2,1H3;5-13,18-19H,2-4,14-17H2,1H3/t17-,20+,21+,22-,23-,24-,25+,26+,27+;5-,6+,7+,8-,9-,10-,11+,12+,13+/m00/s1. The molecule has 24 nitrogen and oxygen atoms in total. The summed E-state index contributed by atoms with van der Waals surface area (Å²) in [5.41, 5.74) is 52.4. The molecule has 2 heterocycles. The molecule has 356 valence electrons. The highest BCUT2D eigenvalue weighted by Gasteiger charge is 2.48. The van der Waals surface area contributed by atoms with Gasteiger partial charge in [-0.3, -0.25) is 4.90 Å². The fourth-order valence-corrected chi connectivity index (χ4v) is 8.45. The van der Waals surface area contributed by atoms with Crippen LogP contribution in [0.1, 0.15) is 63.5 Å². The van der Waals surface area contributed by atoms with Crippen molar-refractivity contribution in [3.05, 3.63) is 103 Å². The number of ether oxygens (including phenoxy) is 5. The highest BCUT2D eigenvalue weighted by Crippen LogP contribution is 2.34. The summed E-state index contributed by atoms with van der Waals surface area (Å²) in [7, 11) is 0. The Morgan fingerprint density at radius 1 is 0.692 bits per heavy atom. The van der Waals surface area contributed by atoms with E-state index in [0.29, 0.717) is 19.3 Å². The molecule has 6 rings (SSSR count). The Morgan fingerprint density at radius 3 is 1.88 bits per heavy atom. The van der Waals surface area contributed by atoms with Crippen LogP contribution in [0, 0.1) is 0 Å². The van der Waals surface area contributed by atoms with Gasteiger partial charge in [0, 0.05) is 39.4 Å². The molecule has 2 aliphatic heterocycles. The average Bonchev–Trinajstić information content (AvgIpc) is 3.30. The third-order valence-corrected chi connectivity index (χ3v) is 12.3. The number of hydrogen-bond acceptors (Lipinski definition) is 17.